The third kappa shape index (κ3) is 3.00. The van der Waals surface area contributed by atoms with E-state index in [9.17, 15) is 14.4 Å². The molecule has 0 aliphatic carbocycles. The Morgan fingerprint density at radius 3 is 2.80 bits per heavy atom. The third-order valence-corrected chi connectivity index (χ3v) is 4.03. The number of carbonyl (C=O) groups excluding carboxylic acids is 2. The van der Waals surface area contributed by atoms with Gasteiger partial charge in [-0.25, -0.2) is 4.79 Å². The van der Waals surface area contributed by atoms with E-state index in [1.54, 1.807) is 31.2 Å². The Kier molecular flexibility index (Phi) is 4.56. The zero-order valence-electron chi connectivity index (χ0n) is 13.8. The summed E-state index contributed by atoms with van der Waals surface area (Å²) in [7, 11) is 1.51. The Morgan fingerprint density at radius 1 is 1.32 bits per heavy atom. The summed E-state index contributed by atoms with van der Waals surface area (Å²) in [4.78, 5) is 39.2. The number of para-hydroxylation sites is 1. The van der Waals surface area contributed by atoms with Crippen LogP contribution >= 0.6 is 0 Å². The lowest BCUT2D eigenvalue weighted by molar-refractivity contribution is -0.135. The fourth-order valence-corrected chi connectivity index (χ4v) is 2.96. The predicted molar refractivity (Wildman–Crippen MR) is 88.1 cm³/mol. The van der Waals surface area contributed by atoms with Crippen LogP contribution in [0.2, 0.25) is 0 Å². The highest BCUT2D eigenvalue weighted by atomic mass is 16.5. The van der Waals surface area contributed by atoms with Crippen LogP contribution in [0.3, 0.4) is 0 Å². The molecule has 3 rings (SSSR count). The summed E-state index contributed by atoms with van der Waals surface area (Å²) in [6.07, 6.45) is 1.18. The van der Waals surface area contributed by atoms with Crippen molar-refractivity contribution in [1.82, 2.24) is 4.98 Å². The fourth-order valence-electron chi connectivity index (χ4n) is 2.96. The van der Waals surface area contributed by atoms with Gasteiger partial charge in [0.1, 0.15) is 11.3 Å². The van der Waals surface area contributed by atoms with Gasteiger partial charge in [-0.2, -0.15) is 0 Å². The standard InChI is InChI=1S/C18H17NO6/c1-3-24-18(22)12-9-19-17(21)15-11(8-14(20)25-16(12)15)10-6-4-5-7-13(10)23-2/h4-7,9,11H,3,8H2,1-2H3,(H,19,21)/t11-/m1/s1. The van der Waals surface area contributed by atoms with E-state index in [0.717, 1.165) is 0 Å². The van der Waals surface area contributed by atoms with Gasteiger partial charge in [0.25, 0.3) is 5.56 Å². The number of pyridine rings is 1. The largest absolute Gasteiger partial charge is 0.496 e. The third-order valence-electron chi connectivity index (χ3n) is 4.03. The SMILES string of the molecule is CCOC(=O)c1c[nH]c(=O)c2c1OC(=O)C[C@@H]2c1ccccc1OC. The summed E-state index contributed by atoms with van der Waals surface area (Å²) < 4.78 is 15.6. The number of ether oxygens (including phenoxy) is 3. The Bertz CT molecular complexity index is 885. The maximum Gasteiger partial charge on any atom is 0.343 e. The Balaban J connectivity index is 2.21. The molecule has 0 radical (unpaired) electrons. The Labute approximate surface area is 143 Å². The highest BCUT2D eigenvalue weighted by molar-refractivity contribution is 5.94. The monoisotopic (exact) mass is 343 g/mol. The number of nitrogens with one attached hydrogen (secondary N) is 1. The topological polar surface area (TPSA) is 94.7 Å². The second-order valence-electron chi connectivity index (χ2n) is 5.47. The summed E-state index contributed by atoms with van der Waals surface area (Å²) in [5, 5.41) is 0. The molecule has 0 fully saturated rings. The van der Waals surface area contributed by atoms with E-state index in [-0.39, 0.29) is 29.9 Å². The van der Waals surface area contributed by atoms with E-state index in [1.165, 1.54) is 13.3 Å². The Hall–Kier alpha value is -3.09. The highest BCUT2D eigenvalue weighted by Crippen LogP contribution is 2.41. The van der Waals surface area contributed by atoms with E-state index >= 15 is 0 Å². The lowest BCUT2D eigenvalue weighted by Crippen LogP contribution is -2.30. The normalized spacial score (nSPS) is 15.9. The molecule has 0 spiro atoms. The first-order valence-corrected chi connectivity index (χ1v) is 7.83. The number of aromatic nitrogens is 1. The fraction of sp³-hybridized carbons (Fsp3) is 0.278. The molecule has 1 N–H and O–H groups in total. The molecule has 130 valence electrons. The molecule has 0 bridgehead atoms. The van der Waals surface area contributed by atoms with Crippen LogP contribution in [-0.2, 0) is 9.53 Å². The van der Waals surface area contributed by atoms with Crippen molar-refractivity contribution >= 4 is 11.9 Å². The quantitative estimate of drug-likeness (QED) is 0.853. The summed E-state index contributed by atoms with van der Waals surface area (Å²) in [5.41, 5.74) is 0.486. The van der Waals surface area contributed by atoms with Crippen molar-refractivity contribution in [3.63, 3.8) is 0 Å². The number of aromatic amines is 1. The maximum absolute atomic E-state index is 12.4. The van der Waals surface area contributed by atoms with Crippen LogP contribution in [0, 0.1) is 0 Å². The summed E-state index contributed by atoms with van der Waals surface area (Å²) >= 11 is 0. The number of benzene rings is 1. The number of hydrogen-bond acceptors (Lipinski definition) is 6. The van der Waals surface area contributed by atoms with Crippen molar-refractivity contribution in [2.45, 2.75) is 19.3 Å². The molecule has 2 aromatic rings. The van der Waals surface area contributed by atoms with Gasteiger partial charge < -0.3 is 19.2 Å². The van der Waals surface area contributed by atoms with Crippen LogP contribution in [0.15, 0.2) is 35.3 Å². The molecule has 7 heteroatoms. The van der Waals surface area contributed by atoms with E-state index in [4.69, 9.17) is 14.2 Å². The molecule has 0 unspecified atom stereocenters. The lowest BCUT2D eigenvalue weighted by Gasteiger charge is -2.26. The molecular weight excluding hydrogens is 326 g/mol. The van der Waals surface area contributed by atoms with E-state index in [1.807, 2.05) is 0 Å². The number of rotatable bonds is 4. The van der Waals surface area contributed by atoms with Gasteiger partial charge in [0.05, 0.1) is 25.7 Å². The molecule has 1 aromatic carbocycles. The molecule has 1 aliphatic rings. The number of methoxy groups -OCH3 is 1. The van der Waals surface area contributed by atoms with Gasteiger partial charge in [-0.05, 0) is 13.0 Å². The Morgan fingerprint density at radius 2 is 2.08 bits per heavy atom. The number of H-pyrrole nitrogens is 1. The van der Waals surface area contributed by atoms with E-state index < -0.39 is 23.4 Å². The lowest BCUT2D eigenvalue weighted by atomic mass is 9.86. The smallest absolute Gasteiger partial charge is 0.343 e. The van der Waals surface area contributed by atoms with Crippen molar-refractivity contribution in [2.24, 2.45) is 0 Å². The van der Waals surface area contributed by atoms with Crippen molar-refractivity contribution in [2.75, 3.05) is 13.7 Å². The van der Waals surface area contributed by atoms with Crippen LogP contribution in [0.4, 0.5) is 0 Å². The van der Waals surface area contributed by atoms with Crippen LogP contribution in [0.1, 0.15) is 40.7 Å². The minimum absolute atomic E-state index is 0.0180. The molecule has 1 aromatic heterocycles. The average molecular weight is 343 g/mol. The van der Waals surface area contributed by atoms with Crippen molar-refractivity contribution in [1.29, 1.82) is 0 Å². The highest BCUT2D eigenvalue weighted by Gasteiger charge is 2.36. The van der Waals surface area contributed by atoms with Gasteiger partial charge in [-0.3, -0.25) is 9.59 Å². The minimum atomic E-state index is -0.663. The number of carbonyl (C=O) groups is 2. The molecule has 2 heterocycles. The molecule has 7 nitrogen and oxygen atoms in total. The minimum Gasteiger partial charge on any atom is -0.496 e. The van der Waals surface area contributed by atoms with Crippen LogP contribution in [-0.4, -0.2) is 30.6 Å². The first-order valence-electron chi connectivity index (χ1n) is 7.83. The van der Waals surface area contributed by atoms with Crippen molar-refractivity contribution < 1.29 is 23.8 Å². The first-order chi connectivity index (χ1) is 12.1. The van der Waals surface area contributed by atoms with Crippen molar-refractivity contribution in [3.8, 4) is 11.5 Å². The second kappa shape index (κ2) is 6.80. The zero-order chi connectivity index (χ0) is 18.0. The van der Waals surface area contributed by atoms with Crippen LogP contribution in [0.5, 0.6) is 11.5 Å². The maximum atomic E-state index is 12.4. The first kappa shape index (κ1) is 16.8. The number of hydrogen-bond donors (Lipinski definition) is 1. The van der Waals surface area contributed by atoms with Gasteiger partial charge in [0.15, 0.2) is 5.75 Å². The second-order valence-corrected chi connectivity index (χ2v) is 5.47. The molecule has 0 saturated heterocycles. The molecule has 0 saturated carbocycles. The summed E-state index contributed by atoms with van der Waals surface area (Å²) in [5.74, 6) is -1.27. The predicted octanol–water partition coefficient (Wildman–Crippen LogP) is 2.00. The molecular formula is C18H17NO6. The molecule has 25 heavy (non-hydrogen) atoms. The van der Waals surface area contributed by atoms with E-state index in [0.29, 0.717) is 11.3 Å². The summed E-state index contributed by atoms with van der Waals surface area (Å²) in [6, 6.07) is 7.12. The zero-order valence-corrected chi connectivity index (χ0v) is 13.8. The number of esters is 2. The number of fused-ring (bicyclic) bond motifs is 1. The van der Waals surface area contributed by atoms with Crippen LogP contribution in [0.25, 0.3) is 0 Å². The van der Waals surface area contributed by atoms with Gasteiger partial charge in [0, 0.05) is 17.7 Å². The van der Waals surface area contributed by atoms with Gasteiger partial charge in [0.2, 0.25) is 0 Å². The van der Waals surface area contributed by atoms with Crippen molar-refractivity contribution in [3.05, 3.63) is 57.5 Å². The average Bonchev–Trinajstić information content (AvgIpc) is 2.61. The molecule has 0 amide bonds. The summed E-state index contributed by atoms with van der Waals surface area (Å²) in [6.45, 7) is 1.83. The molecule has 1 aliphatic heterocycles. The van der Waals surface area contributed by atoms with Crippen LogP contribution < -0.4 is 15.0 Å². The van der Waals surface area contributed by atoms with Gasteiger partial charge in [-0.15, -0.1) is 0 Å². The van der Waals surface area contributed by atoms with E-state index in [2.05, 4.69) is 4.98 Å². The van der Waals surface area contributed by atoms with Gasteiger partial charge >= 0.3 is 11.9 Å². The van der Waals surface area contributed by atoms with Gasteiger partial charge in [-0.1, -0.05) is 18.2 Å². The molecule has 1 atom stereocenters.